The number of benzene rings is 2. The quantitative estimate of drug-likeness (QED) is 0.668. The monoisotopic (exact) mass is 392 g/mol. The first-order valence-electron chi connectivity index (χ1n) is 7.26. The topological polar surface area (TPSA) is 84.0 Å². The van der Waals surface area contributed by atoms with Crippen LogP contribution in [0.25, 0.3) is 11.0 Å². The van der Waals surface area contributed by atoms with E-state index in [0.29, 0.717) is 21.9 Å². The Morgan fingerprint density at radius 1 is 1.00 bits per heavy atom. The van der Waals surface area contributed by atoms with E-state index in [0.717, 1.165) is 17.2 Å². The Morgan fingerprint density at radius 3 is 2.48 bits per heavy atom. The van der Waals surface area contributed by atoms with E-state index in [9.17, 15) is 9.59 Å². The fraction of sp³-hybridized carbons (Fsp3) is 0.125. The van der Waals surface area contributed by atoms with Crippen molar-refractivity contribution in [3.05, 3.63) is 47.5 Å². The number of fused-ring (bicyclic) bond motifs is 1. The van der Waals surface area contributed by atoms with Gasteiger partial charge in [0.1, 0.15) is 11.0 Å². The number of hydrogen-bond donors (Lipinski definition) is 2. The third-order valence-corrected chi connectivity index (χ3v) is 4.88. The van der Waals surface area contributed by atoms with Gasteiger partial charge in [-0.15, -0.1) is 11.8 Å². The SMILES string of the molecule is O=C(CSCC(=O)Nc1cccc2nsnc12)Nc1ccc(Cl)cc1. The number of thioether (sulfide) groups is 1. The number of anilines is 2. The Kier molecular flexibility index (Phi) is 5.85. The molecule has 25 heavy (non-hydrogen) atoms. The third kappa shape index (κ3) is 4.91. The highest BCUT2D eigenvalue weighted by Crippen LogP contribution is 2.21. The molecule has 0 atom stereocenters. The molecule has 0 bridgehead atoms. The van der Waals surface area contributed by atoms with E-state index < -0.39 is 0 Å². The zero-order chi connectivity index (χ0) is 17.6. The van der Waals surface area contributed by atoms with Crippen LogP contribution in [0.15, 0.2) is 42.5 Å². The van der Waals surface area contributed by atoms with E-state index in [-0.39, 0.29) is 23.3 Å². The summed E-state index contributed by atoms with van der Waals surface area (Å²) < 4.78 is 8.30. The lowest BCUT2D eigenvalue weighted by Gasteiger charge is -2.06. The lowest BCUT2D eigenvalue weighted by atomic mass is 10.2. The molecule has 1 heterocycles. The summed E-state index contributed by atoms with van der Waals surface area (Å²) in [6.45, 7) is 0. The third-order valence-electron chi connectivity index (χ3n) is 3.15. The summed E-state index contributed by atoms with van der Waals surface area (Å²) in [5.74, 6) is -0.0174. The van der Waals surface area contributed by atoms with Gasteiger partial charge >= 0.3 is 0 Å². The summed E-state index contributed by atoms with van der Waals surface area (Å²) >= 11 is 8.13. The number of halogens is 1. The highest BCUT2D eigenvalue weighted by Gasteiger charge is 2.10. The number of carbonyl (C=O) groups excluding carboxylic acids is 2. The van der Waals surface area contributed by atoms with Crippen LogP contribution >= 0.6 is 35.1 Å². The molecule has 0 aliphatic rings. The molecule has 0 fully saturated rings. The van der Waals surface area contributed by atoms with Gasteiger partial charge in [-0.25, -0.2) is 0 Å². The Morgan fingerprint density at radius 2 is 1.72 bits per heavy atom. The number of hydrogen-bond acceptors (Lipinski definition) is 6. The number of amides is 2. The Hall–Kier alpha value is -2.16. The molecule has 3 aromatic rings. The average molecular weight is 393 g/mol. The zero-order valence-electron chi connectivity index (χ0n) is 12.9. The molecule has 3 rings (SSSR count). The summed E-state index contributed by atoms with van der Waals surface area (Å²) in [5.41, 5.74) is 2.72. The van der Waals surface area contributed by atoms with E-state index in [1.54, 1.807) is 30.3 Å². The molecule has 6 nitrogen and oxygen atoms in total. The van der Waals surface area contributed by atoms with Crippen LogP contribution in [0.5, 0.6) is 0 Å². The van der Waals surface area contributed by atoms with Crippen LogP contribution in [0.3, 0.4) is 0 Å². The van der Waals surface area contributed by atoms with E-state index in [4.69, 9.17) is 11.6 Å². The molecule has 2 aromatic carbocycles. The van der Waals surface area contributed by atoms with Gasteiger partial charge in [0, 0.05) is 10.7 Å². The molecule has 9 heteroatoms. The number of nitrogens with one attached hydrogen (secondary N) is 2. The fourth-order valence-corrected chi connectivity index (χ4v) is 3.35. The van der Waals surface area contributed by atoms with Crippen molar-refractivity contribution in [3.63, 3.8) is 0 Å². The van der Waals surface area contributed by atoms with Crippen LogP contribution in [0.4, 0.5) is 11.4 Å². The van der Waals surface area contributed by atoms with E-state index in [2.05, 4.69) is 19.4 Å². The van der Waals surface area contributed by atoms with Crippen LogP contribution < -0.4 is 10.6 Å². The van der Waals surface area contributed by atoms with Crippen LogP contribution in [0.2, 0.25) is 5.02 Å². The molecule has 1 aromatic heterocycles. The van der Waals surface area contributed by atoms with Gasteiger partial charge in [0.25, 0.3) is 0 Å². The maximum absolute atomic E-state index is 12.0. The molecule has 0 spiro atoms. The predicted molar refractivity (Wildman–Crippen MR) is 103 cm³/mol. The smallest absolute Gasteiger partial charge is 0.234 e. The predicted octanol–water partition coefficient (Wildman–Crippen LogP) is 3.66. The zero-order valence-corrected chi connectivity index (χ0v) is 15.2. The maximum Gasteiger partial charge on any atom is 0.234 e. The minimum atomic E-state index is -0.190. The van der Waals surface area contributed by atoms with Crippen molar-refractivity contribution >= 4 is 69.3 Å². The van der Waals surface area contributed by atoms with E-state index in [1.165, 1.54) is 11.8 Å². The summed E-state index contributed by atoms with van der Waals surface area (Å²) in [4.78, 5) is 23.9. The van der Waals surface area contributed by atoms with Crippen molar-refractivity contribution in [3.8, 4) is 0 Å². The van der Waals surface area contributed by atoms with Crippen molar-refractivity contribution in [1.29, 1.82) is 0 Å². The van der Waals surface area contributed by atoms with Gasteiger partial charge < -0.3 is 10.6 Å². The first-order chi connectivity index (χ1) is 12.1. The van der Waals surface area contributed by atoms with Crippen LogP contribution in [-0.4, -0.2) is 32.1 Å². The van der Waals surface area contributed by atoms with Crippen molar-refractivity contribution in [1.82, 2.24) is 8.75 Å². The summed E-state index contributed by atoms with van der Waals surface area (Å²) in [5, 5.41) is 6.15. The minimum absolute atomic E-state index is 0.169. The van der Waals surface area contributed by atoms with E-state index >= 15 is 0 Å². The summed E-state index contributed by atoms with van der Waals surface area (Å²) in [7, 11) is 0. The lowest BCUT2D eigenvalue weighted by Crippen LogP contribution is -2.18. The van der Waals surface area contributed by atoms with Gasteiger partial charge in [0.2, 0.25) is 11.8 Å². The van der Waals surface area contributed by atoms with Gasteiger partial charge in [-0.1, -0.05) is 17.7 Å². The molecular formula is C16H13ClN4O2S2. The molecule has 0 saturated carbocycles. The standard InChI is InChI=1S/C16H13ClN4O2S2/c17-10-4-6-11(7-5-10)18-14(22)8-24-9-15(23)19-12-2-1-3-13-16(12)21-25-20-13/h1-7H,8-9H2,(H,18,22)(H,19,23). The van der Waals surface area contributed by atoms with Crippen molar-refractivity contribution in [2.75, 3.05) is 22.1 Å². The fourth-order valence-electron chi connectivity index (χ4n) is 2.06. The minimum Gasteiger partial charge on any atom is -0.325 e. The van der Waals surface area contributed by atoms with Crippen molar-refractivity contribution < 1.29 is 9.59 Å². The van der Waals surface area contributed by atoms with Crippen molar-refractivity contribution in [2.24, 2.45) is 0 Å². The summed E-state index contributed by atoms with van der Waals surface area (Å²) in [6.07, 6.45) is 0. The highest BCUT2D eigenvalue weighted by molar-refractivity contribution is 8.00. The van der Waals surface area contributed by atoms with E-state index in [1.807, 2.05) is 12.1 Å². The Balaban J connectivity index is 1.45. The molecular weight excluding hydrogens is 380 g/mol. The summed E-state index contributed by atoms with van der Waals surface area (Å²) in [6, 6.07) is 12.3. The van der Waals surface area contributed by atoms with Gasteiger partial charge in [-0.3, -0.25) is 9.59 Å². The largest absolute Gasteiger partial charge is 0.325 e. The number of carbonyl (C=O) groups is 2. The molecule has 0 saturated heterocycles. The van der Waals surface area contributed by atoms with Gasteiger partial charge in [-0.05, 0) is 36.4 Å². The van der Waals surface area contributed by atoms with Crippen LogP contribution in [-0.2, 0) is 9.59 Å². The highest BCUT2D eigenvalue weighted by atomic mass is 35.5. The average Bonchev–Trinajstić information content (AvgIpc) is 3.07. The van der Waals surface area contributed by atoms with Crippen LogP contribution in [0.1, 0.15) is 0 Å². The molecule has 0 aliphatic carbocycles. The number of rotatable bonds is 6. The Labute approximate surface area is 157 Å². The normalized spacial score (nSPS) is 10.6. The molecule has 2 N–H and O–H groups in total. The maximum atomic E-state index is 12.0. The van der Waals surface area contributed by atoms with Crippen LogP contribution in [0, 0.1) is 0 Å². The molecule has 128 valence electrons. The second kappa shape index (κ2) is 8.28. The second-order valence-electron chi connectivity index (χ2n) is 5.03. The molecule has 0 radical (unpaired) electrons. The second-order valence-corrected chi connectivity index (χ2v) is 6.98. The lowest BCUT2D eigenvalue weighted by molar-refractivity contribution is -0.114. The first kappa shape index (κ1) is 17.7. The molecule has 2 amide bonds. The molecule has 0 unspecified atom stereocenters. The number of nitrogens with zero attached hydrogens (tertiary/aromatic N) is 2. The van der Waals surface area contributed by atoms with Crippen molar-refractivity contribution in [2.45, 2.75) is 0 Å². The van der Waals surface area contributed by atoms with Gasteiger partial charge in [-0.2, -0.15) is 8.75 Å². The molecule has 0 aliphatic heterocycles. The van der Waals surface area contributed by atoms with Gasteiger partial charge in [0.15, 0.2) is 0 Å². The Bertz CT molecular complexity index is 899. The first-order valence-corrected chi connectivity index (χ1v) is 9.52. The number of aromatic nitrogens is 2. The van der Waals surface area contributed by atoms with Gasteiger partial charge in [0.05, 0.1) is 28.9 Å².